The number of nitrogens with one attached hydrogen (secondary N) is 1. The standard InChI is InChI=1S/C21H25N5O8S.C2HF3O2/c1-24-5-7-25(8-6-24)21(31)34-10-12-11-35-19-15(18(28)26(19)16(12)20(29)30)22-17(27)14(23-32-2)13-4-3-9-33-13;3-2(4,5)1(6)7/h3-4,9,15,19H,5-8,10-11H2,1-2H3,(H,22,27)(H,29,30);(H,6,7)/b23-14+;/t15?,19-;/m1./s1. The molecule has 3 N–H and O–H groups in total. The lowest BCUT2D eigenvalue weighted by molar-refractivity contribution is -0.192. The third kappa shape index (κ3) is 7.52. The molecule has 0 aromatic carbocycles. The van der Waals surface area contributed by atoms with Gasteiger partial charge in [0.05, 0.1) is 6.26 Å². The number of hydrogen-bond donors (Lipinski definition) is 3. The fraction of sp³-hybridized carbons (Fsp3) is 0.478. The summed E-state index contributed by atoms with van der Waals surface area (Å²) in [4.78, 5) is 68.4. The fourth-order valence-corrected chi connectivity index (χ4v) is 5.26. The molecule has 15 nitrogen and oxygen atoms in total. The molecule has 0 aliphatic carbocycles. The minimum Gasteiger partial charge on any atom is -0.477 e. The van der Waals surface area contributed by atoms with Crippen LogP contribution in [-0.4, -0.2) is 131 Å². The summed E-state index contributed by atoms with van der Waals surface area (Å²) in [6, 6.07) is 2.12. The lowest BCUT2D eigenvalue weighted by Gasteiger charge is -2.49. The number of piperazine rings is 1. The molecule has 2 atom stereocenters. The van der Waals surface area contributed by atoms with Crippen molar-refractivity contribution in [2.24, 2.45) is 5.16 Å². The van der Waals surface area contributed by atoms with Gasteiger partial charge in [0.2, 0.25) is 5.71 Å². The number of oxime groups is 1. The molecule has 0 spiro atoms. The number of β-lactam (4-membered cyclic amide) rings is 1. The summed E-state index contributed by atoms with van der Waals surface area (Å²) < 4.78 is 42.3. The smallest absolute Gasteiger partial charge is 0.477 e. The summed E-state index contributed by atoms with van der Waals surface area (Å²) in [5, 5.41) is 22.5. The number of aliphatic carboxylic acids is 2. The van der Waals surface area contributed by atoms with E-state index >= 15 is 0 Å². The maximum absolute atomic E-state index is 12.9. The summed E-state index contributed by atoms with van der Waals surface area (Å²) >= 11 is 1.27. The number of carboxylic acid groups (broad SMARTS) is 2. The van der Waals surface area contributed by atoms with Crippen molar-refractivity contribution in [2.45, 2.75) is 17.6 Å². The molecule has 3 aliphatic rings. The van der Waals surface area contributed by atoms with E-state index in [4.69, 9.17) is 23.9 Å². The summed E-state index contributed by atoms with van der Waals surface area (Å²) in [5.41, 5.74) is -0.0705. The molecule has 2 saturated heterocycles. The number of halogens is 3. The minimum absolute atomic E-state index is 0.153. The van der Waals surface area contributed by atoms with Crippen LogP contribution >= 0.6 is 11.8 Å². The normalized spacial score (nSPS) is 21.0. The van der Waals surface area contributed by atoms with Crippen LogP contribution in [0, 0.1) is 0 Å². The summed E-state index contributed by atoms with van der Waals surface area (Å²) in [5.74, 6) is -4.99. The number of hydrogen-bond acceptors (Lipinski definition) is 11. The van der Waals surface area contributed by atoms with Crippen molar-refractivity contribution in [3.05, 3.63) is 35.4 Å². The number of rotatable bonds is 7. The first-order valence-electron chi connectivity index (χ1n) is 12.0. The van der Waals surface area contributed by atoms with Crippen molar-refractivity contribution in [1.82, 2.24) is 20.0 Å². The minimum atomic E-state index is -5.08. The Labute approximate surface area is 239 Å². The number of thioether (sulfide) groups is 1. The van der Waals surface area contributed by atoms with Gasteiger partial charge >= 0.3 is 24.2 Å². The van der Waals surface area contributed by atoms with Crippen LogP contribution in [0.2, 0.25) is 0 Å². The van der Waals surface area contributed by atoms with Gasteiger partial charge in [0, 0.05) is 37.5 Å². The maximum Gasteiger partial charge on any atom is 0.490 e. The number of carbonyl (C=O) groups excluding carboxylic acids is 3. The number of fused-ring (bicyclic) bond motifs is 1. The van der Waals surface area contributed by atoms with Crippen LogP contribution in [0.4, 0.5) is 18.0 Å². The monoisotopic (exact) mass is 621 g/mol. The number of alkyl halides is 3. The van der Waals surface area contributed by atoms with Gasteiger partial charge in [-0.05, 0) is 19.2 Å². The van der Waals surface area contributed by atoms with Gasteiger partial charge in [0.25, 0.3) is 11.8 Å². The van der Waals surface area contributed by atoms with Crippen LogP contribution in [0.1, 0.15) is 5.76 Å². The Balaban J connectivity index is 0.000000616. The molecular formula is C23H26F3N5O10S. The highest BCUT2D eigenvalue weighted by Crippen LogP contribution is 2.40. The molecule has 1 aromatic heterocycles. The molecular weight excluding hydrogens is 595 g/mol. The first-order valence-corrected chi connectivity index (χ1v) is 13.1. The predicted molar refractivity (Wildman–Crippen MR) is 136 cm³/mol. The molecule has 3 amide bonds. The number of amides is 3. The molecule has 42 heavy (non-hydrogen) atoms. The number of ether oxygens (including phenoxy) is 1. The molecule has 1 aromatic rings. The van der Waals surface area contributed by atoms with E-state index in [9.17, 15) is 37.5 Å². The van der Waals surface area contributed by atoms with Crippen LogP contribution in [0.3, 0.4) is 0 Å². The second kappa shape index (κ2) is 13.6. The van der Waals surface area contributed by atoms with Gasteiger partial charge in [0.15, 0.2) is 5.76 Å². The second-order valence-corrected chi connectivity index (χ2v) is 9.97. The second-order valence-electron chi connectivity index (χ2n) is 8.87. The Morgan fingerprint density at radius 3 is 2.36 bits per heavy atom. The highest BCUT2D eigenvalue weighted by Gasteiger charge is 2.54. The topological polar surface area (TPSA) is 192 Å². The van der Waals surface area contributed by atoms with Gasteiger partial charge in [-0.2, -0.15) is 13.2 Å². The van der Waals surface area contributed by atoms with Crippen LogP contribution in [-0.2, 0) is 28.8 Å². The highest BCUT2D eigenvalue weighted by atomic mass is 32.2. The summed E-state index contributed by atoms with van der Waals surface area (Å²) in [7, 11) is 3.23. The lowest BCUT2D eigenvalue weighted by atomic mass is 10.0. The first kappa shape index (κ1) is 32.3. The van der Waals surface area contributed by atoms with Gasteiger partial charge < -0.3 is 39.3 Å². The molecule has 0 bridgehead atoms. The Kier molecular flexibility index (Phi) is 10.4. The van der Waals surface area contributed by atoms with Crippen molar-refractivity contribution in [3.63, 3.8) is 0 Å². The molecule has 2 fully saturated rings. The number of carbonyl (C=O) groups is 5. The third-order valence-electron chi connectivity index (χ3n) is 6.06. The predicted octanol–water partition coefficient (Wildman–Crippen LogP) is 0.386. The molecule has 4 heterocycles. The van der Waals surface area contributed by atoms with Gasteiger partial charge in [-0.25, -0.2) is 14.4 Å². The Bertz CT molecular complexity index is 1260. The molecule has 0 saturated carbocycles. The van der Waals surface area contributed by atoms with Crippen LogP contribution in [0.5, 0.6) is 0 Å². The number of furan rings is 1. The van der Waals surface area contributed by atoms with Crippen molar-refractivity contribution in [1.29, 1.82) is 0 Å². The van der Waals surface area contributed by atoms with E-state index in [1.165, 1.54) is 31.2 Å². The van der Waals surface area contributed by atoms with Crippen molar-refractivity contribution in [3.8, 4) is 0 Å². The number of nitrogens with zero attached hydrogens (tertiary/aromatic N) is 4. The van der Waals surface area contributed by atoms with E-state index in [2.05, 4.69) is 15.4 Å². The highest BCUT2D eigenvalue weighted by molar-refractivity contribution is 8.00. The SMILES string of the molecule is CO/N=C(/C(=O)NC1C(=O)N2C(C(=O)O)=C(COC(=O)N3CCN(C)CC3)CS[C@H]12)c1ccco1.O=C(O)C(F)(F)F. The first-order chi connectivity index (χ1) is 19.8. The number of likely N-dealkylation sites (N-methyl/N-ethyl adjacent to an activating group) is 1. The molecule has 0 radical (unpaired) electrons. The molecule has 19 heteroatoms. The van der Waals surface area contributed by atoms with Crippen molar-refractivity contribution >= 4 is 47.3 Å². The van der Waals surface area contributed by atoms with Crippen molar-refractivity contribution < 1.29 is 61.3 Å². The zero-order valence-electron chi connectivity index (χ0n) is 22.1. The Morgan fingerprint density at radius 2 is 1.83 bits per heavy atom. The zero-order valence-corrected chi connectivity index (χ0v) is 22.9. The van der Waals surface area contributed by atoms with E-state index in [1.54, 1.807) is 11.0 Å². The quantitative estimate of drug-likeness (QED) is 0.216. The largest absolute Gasteiger partial charge is 0.490 e. The molecule has 4 rings (SSSR count). The van der Waals surface area contributed by atoms with E-state index < -0.39 is 47.4 Å². The Morgan fingerprint density at radius 1 is 1.19 bits per heavy atom. The van der Waals surface area contributed by atoms with E-state index in [-0.39, 0.29) is 29.5 Å². The van der Waals surface area contributed by atoms with Gasteiger partial charge in [-0.15, -0.1) is 11.8 Å². The lowest BCUT2D eigenvalue weighted by Crippen LogP contribution is -2.71. The van der Waals surface area contributed by atoms with E-state index in [0.29, 0.717) is 18.7 Å². The van der Waals surface area contributed by atoms with Crippen molar-refractivity contribution in [2.75, 3.05) is 52.7 Å². The van der Waals surface area contributed by atoms with E-state index in [1.807, 2.05) is 7.05 Å². The fourth-order valence-electron chi connectivity index (χ4n) is 3.94. The molecule has 230 valence electrons. The van der Waals surface area contributed by atoms with E-state index in [0.717, 1.165) is 18.0 Å². The van der Waals surface area contributed by atoms with Gasteiger partial charge in [-0.3, -0.25) is 14.5 Å². The Hall–Kier alpha value is -4.26. The van der Waals surface area contributed by atoms with Gasteiger partial charge in [-0.1, -0.05) is 5.16 Å². The summed E-state index contributed by atoms with van der Waals surface area (Å²) in [6.45, 7) is 2.25. The number of carboxylic acids is 2. The van der Waals surface area contributed by atoms with Crippen LogP contribution in [0.15, 0.2) is 39.2 Å². The molecule has 3 aliphatic heterocycles. The average molecular weight is 622 g/mol. The third-order valence-corrected chi connectivity index (χ3v) is 7.40. The maximum atomic E-state index is 12.9. The van der Waals surface area contributed by atoms with Crippen LogP contribution in [0.25, 0.3) is 0 Å². The molecule has 1 unspecified atom stereocenters. The average Bonchev–Trinajstić information content (AvgIpc) is 3.47. The summed E-state index contributed by atoms with van der Waals surface area (Å²) in [6.07, 6.45) is -4.24. The van der Waals surface area contributed by atoms with Gasteiger partial charge in [0.1, 0.15) is 30.8 Å². The zero-order chi connectivity index (χ0) is 31.2. The van der Waals surface area contributed by atoms with Crippen LogP contribution < -0.4 is 5.32 Å².